The van der Waals surface area contributed by atoms with E-state index in [4.69, 9.17) is 10.5 Å². The van der Waals surface area contributed by atoms with Crippen molar-refractivity contribution in [2.75, 3.05) is 18.9 Å². The third kappa shape index (κ3) is 2.68. The lowest BCUT2D eigenvalue weighted by atomic mass is 9.94. The standard InChI is InChI=1S/C13H18FN3O2/c1-3-19-7-9-8(2)10(14)6-11(9)17-5-4-12(15)16-13(17)18/h4-6,8-9,11H,3,7H2,1-2H3,(H2,15,16,18)/t8-,9-,11+/m0/s1. The van der Waals surface area contributed by atoms with E-state index in [0.717, 1.165) is 0 Å². The van der Waals surface area contributed by atoms with E-state index in [1.165, 1.54) is 16.7 Å². The Labute approximate surface area is 110 Å². The molecular weight excluding hydrogens is 249 g/mol. The zero-order valence-electron chi connectivity index (χ0n) is 11.0. The van der Waals surface area contributed by atoms with Gasteiger partial charge in [0.2, 0.25) is 0 Å². The van der Waals surface area contributed by atoms with E-state index in [1.807, 2.05) is 6.92 Å². The summed E-state index contributed by atoms with van der Waals surface area (Å²) >= 11 is 0. The Morgan fingerprint density at radius 3 is 2.95 bits per heavy atom. The maximum absolute atomic E-state index is 13.8. The molecule has 0 saturated carbocycles. The quantitative estimate of drug-likeness (QED) is 0.898. The fourth-order valence-corrected chi connectivity index (χ4v) is 2.38. The molecule has 1 aromatic heterocycles. The van der Waals surface area contributed by atoms with Crippen molar-refractivity contribution in [3.8, 4) is 0 Å². The van der Waals surface area contributed by atoms with Crippen molar-refractivity contribution in [2.45, 2.75) is 19.9 Å². The number of nitrogens with two attached hydrogens (primary N) is 1. The van der Waals surface area contributed by atoms with Gasteiger partial charge in [-0.1, -0.05) is 6.92 Å². The summed E-state index contributed by atoms with van der Waals surface area (Å²) in [5, 5.41) is 0. The Bertz CT molecular complexity index is 541. The fourth-order valence-electron chi connectivity index (χ4n) is 2.38. The molecule has 5 nitrogen and oxygen atoms in total. The molecular formula is C13H18FN3O2. The lowest BCUT2D eigenvalue weighted by Crippen LogP contribution is -2.32. The number of nitrogen functional groups attached to an aromatic ring is 1. The molecule has 3 atom stereocenters. The number of allylic oxidation sites excluding steroid dienone is 2. The average molecular weight is 267 g/mol. The van der Waals surface area contributed by atoms with E-state index in [2.05, 4.69) is 4.98 Å². The van der Waals surface area contributed by atoms with Gasteiger partial charge in [-0.15, -0.1) is 0 Å². The number of halogens is 1. The molecule has 104 valence electrons. The summed E-state index contributed by atoms with van der Waals surface area (Å²) < 4.78 is 20.6. The predicted octanol–water partition coefficient (Wildman–Crippen LogP) is 1.52. The Hall–Kier alpha value is -1.69. The van der Waals surface area contributed by atoms with Crippen molar-refractivity contribution in [1.29, 1.82) is 0 Å². The van der Waals surface area contributed by atoms with Crippen LogP contribution in [0, 0.1) is 11.8 Å². The molecule has 2 rings (SSSR count). The summed E-state index contributed by atoms with van der Waals surface area (Å²) in [5.41, 5.74) is 4.99. The lowest BCUT2D eigenvalue weighted by Gasteiger charge is -2.24. The van der Waals surface area contributed by atoms with Gasteiger partial charge in [0.05, 0.1) is 12.6 Å². The summed E-state index contributed by atoms with van der Waals surface area (Å²) in [6, 6.07) is 1.16. The van der Waals surface area contributed by atoms with Crippen LogP contribution in [-0.4, -0.2) is 22.8 Å². The fraction of sp³-hybridized carbons (Fsp3) is 0.538. The van der Waals surface area contributed by atoms with Crippen molar-refractivity contribution in [3.63, 3.8) is 0 Å². The first-order valence-corrected chi connectivity index (χ1v) is 6.34. The smallest absolute Gasteiger partial charge is 0.350 e. The van der Waals surface area contributed by atoms with Crippen LogP contribution in [0.25, 0.3) is 0 Å². The van der Waals surface area contributed by atoms with Crippen LogP contribution >= 0.6 is 0 Å². The van der Waals surface area contributed by atoms with Gasteiger partial charge < -0.3 is 10.5 Å². The monoisotopic (exact) mass is 267 g/mol. The molecule has 0 unspecified atom stereocenters. The van der Waals surface area contributed by atoms with Crippen LogP contribution in [0.5, 0.6) is 0 Å². The maximum atomic E-state index is 13.8. The van der Waals surface area contributed by atoms with E-state index >= 15 is 0 Å². The van der Waals surface area contributed by atoms with Gasteiger partial charge in [-0.2, -0.15) is 4.98 Å². The number of rotatable bonds is 4. The number of hydrogen-bond acceptors (Lipinski definition) is 4. The highest BCUT2D eigenvalue weighted by atomic mass is 19.1. The maximum Gasteiger partial charge on any atom is 0.350 e. The topological polar surface area (TPSA) is 70.1 Å². The molecule has 2 N–H and O–H groups in total. The summed E-state index contributed by atoms with van der Waals surface area (Å²) in [5.74, 6) is -0.416. The van der Waals surface area contributed by atoms with Gasteiger partial charge in [0.15, 0.2) is 0 Å². The highest BCUT2D eigenvalue weighted by Gasteiger charge is 2.36. The Morgan fingerprint density at radius 1 is 1.58 bits per heavy atom. The molecule has 19 heavy (non-hydrogen) atoms. The van der Waals surface area contributed by atoms with Crippen LogP contribution in [-0.2, 0) is 4.74 Å². The number of hydrogen-bond donors (Lipinski definition) is 1. The Morgan fingerprint density at radius 2 is 2.32 bits per heavy atom. The van der Waals surface area contributed by atoms with Crippen LogP contribution < -0.4 is 11.4 Å². The molecule has 0 spiro atoms. The van der Waals surface area contributed by atoms with Gasteiger partial charge in [0.1, 0.15) is 11.6 Å². The minimum absolute atomic E-state index is 0.108. The molecule has 0 bridgehead atoms. The highest BCUT2D eigenvalue weighted by molar-refractivity contribution is 5.25. The number of anilines is 1. The van der Waals surface area contributed by atoms with Crippen molar-refractivity contribution in [2.24, 2.45) is 11.8 Å². The van der Waals surface area contributed by atoms with Crippen molar-refractivity contribution < 1.29 is 9.13 Å². The van der Waals surface area contributed by atoms with Crippen LogP contribution in [0.3, 0.4) is 0 Å². The largest absolute Gasteiger partial charge is 0.383 e. The third-order valence-corrected chi connectivity index (χ3v) is 3.53. The Kier molecular flexibility index (Phi) is 3.99. The number of ether oxygens (including phenoxy) is 1. The lowest BCUT2D eigenvalue weighted by molar-refractivity contribution is 0.0823. The predicted molar refractivity (Wildman–Crippen MR) is 70.3 cm³/mol. The van der Waals surface area contributed by atoms with E-state index in [-0.39, 0.29) is 29.5 Å². The summed E-state index contributed by atoms with van der Waals surface area (Å²) in [4.78, 5) is 15.5. The summed E-state index contributed by atoms with van der Waals surface area (Å²) in [6.07, 6.45) is 3.02. The average Bonchev–Trinajstić information content (AvgIpc) is 2.63. The minimum Gasteiger partial charge on any atom is -0.383 e. The molecule has 6 heteroatoms. The van der Waals surface area contributed by atoms with Crippen molar-refractivity contribution >= 4 is 5.82 Å². The van der Waals surface area contributed by atoms with E-state index in [9.17, 15) is 9.18 Å². The van der Waals surface area contributed by atoms with Gasteiger partial charge in [-0.05, 0) is 19.1 Å². The van der Waals surface area contributed by atoms with E-state index in [0.29, 0.717) is 13.2 Å². The normalized spacial score (nSPS) is 26.5. The zero-order chi connectivity index (χ0) is 14.0. The van der Waals surface area contributed by atoms with Crippen molar-refractivity contribution in [3.05, 3.63) is 34.7 Å². The molecule has 0 aromatic carbocycles. The van der Waals surface area contributed by atoms with Gasteiger partial charge in [-0.3, -0.25) is 4.57 Å². The first-order chi connectivity index (χ1) is 9.04. The second-order valence-corrected chi connectivity index (χ2v) is 4.70. The van der Waals surface area contributed by atoms with Gasteiger partial charge in [-0.25, -0.2) is 9.18 Å². The van der Waals surface area contributed by atoms with Crippen LogP contribution in [0.4, 0.5) is 10.2 Å². The highest BCUT2D eigenvalue weighted by Crippen LogP contribution is 2.39. The van der Waals surface area contributed by atoms with Crippen LogP contribution in [0.1, 0.15) is 19.9 Å². The molecule has 0 amide bonds. The second-order valence-electron chi connectivity index (χ2n) is 4.70. The van der Waals surface area contributed by atoms with Gasteiger partial charge >= 0.3 is 5.69 Å². The first-order valence-electron chi connectivity index (χ1n) is 6.34. The molecule has 0 fully saturated rings. The second kappa shape index (κ2) is 5.52. The molecule has 0 radical (unpaired) electrons. The van der Waals surface area contributed by atoms with Gasteiger partial charge in [0.25, 0.3) is 0 Å². The molecule has 1 aliphatic carbocycles. The molecule has 1 aromatic rings. The number of nitrogens with zero attached hydrogens (tertiary/aromatic N) is 2. The first kappa shape index (κ1) is 13.7. The molecule has 0 aliphatic heterocycles. The van der Waals surface area contributed by atoms with E-state index in [1.54, 1.807) is 13.1 Å². The van der Waals surface area contributed by atoms with Crippen molar-refractivity contribution in [1.82, 2.24) is 9.55 Å². The third-order valence-electron chi connectivity index (χ3n) is 3.53. The van der Waals surface area contributed by atoms with Crippen LogP contribution in [0.15, 0.2) is 29.0 Å². The zero-order valence-corrected chi connectivity index (χ0v) is 11.0. The van der Waals surface area contributed by atoms with Gasteiger partial charge in [0, 0.05) is 24.6 Å². The minimum atomic E-state index is -0.468. The summed E-state index contributed by atoms with van der Waals surface area (Å²) in [7, 11) is 0. The summed E-state index contributed by atoms with van der Waals surface area (Å²) in [6.45, 7) is 4.65. The molecule has 1 heterocycles. The molecule has 1 aliphatic rings. The SMILES string of the molecule is CCOC[C@H]1[C@H](C)C(F)=C[C@H]1n1ccc(N)nc1=O. The molecule has 0 saturated heterocycles. The Balaban J connectivity index is 2.32. The number of aromatic nitrogens is 2. The van der Waals surface area contributed by atoms with Crippen LogP contribution in [0.2, 0.25) is 0 Å². The van der Waals surface area contributed by atoms with E-state index < -0.39 is 5.69 Å².